The van der Waals surface area contributed by atoms with Gasteiger partial charge in [0.15, 0.2) is 0 Å². The van der Waals surface area contributed by atoms with E-state index < -0.39 is 17.8 Å². The lowest BCUT2D eigenvalue weighted by Crippen LogP contribution is -2.29. The van der Waals surface area contributed by atoms with E-state index in [4.69, 9.17) is 4.74 Å². The fraction of sp³-hybridized carbons (Fsp3) is 0.136. The number of aromatic nitrogens is 2. The second-order valence-electron chi connectivity index (χ2n) is 6.87. The summed E-state index contributed by atoms with van der Waals surface area (Å²) < 4.78 is 6.68. The molecule has 0 spiro atoms. The van der Waals surface area contributed by atoms with Gasteiger partial charge in [0.25, 0.3) is 17.4 Å². The van der Waals surface area contributed by atoms with E-state index in [0.29, 0.717) is 11.3 Å². The maximum absolute atomic E-state index is 12.4. The zero-order valence-electron chi connectivity index (χ0n) is 16.1. The van der Waals surface area contributed by atoms with Gasteiger partial charge in [-0.2, -0.15) is 0 Å². The van der Waals surface area contributed by atoms with Crippen molar-refractivity contribution in [3.05, 3.63) is 93.6 Å². The van der Waals surface area contributed by atoms with Crippen LogP contribution in [0.2, 0.25) is 0 Å². The number of pyridine rings is 1. The molecule has 2 amide bonds. The van der Waals surface area contributed by atoms with E-state index in [1.54, 1.807) is 12.3 Å². The molecule has 8 nitrogen and oxygen atoms in total. The molecule has 8 heteroatoms. The number of esters is 1. The van der Waals surface area contributed by atoms with E-state index in [0.717, 1.165) is 10.5 Å². The normalized spacial score (nSPS) is 12.9. The molecular weight excluding hydrogens is 386 g/mol. The number of fused-ring (bicyclic) bond motifs is 2. The zero-order chi connectivity index (χ0) is 21.4. The van der Waals surface area contributed by atoms with Crippen LogP contribution in [0.1, 0.15) is 42.3 Å². The lowest BCUT2D eigenvalue weighted by Gasteiger charge is -2.09. The molecule has 0 fully saturated rings. The molecule has 1 aliphatic rings. The molecule has 150 valence electrons. The number of carbonyl (C=O) groups excluding carboxylic acids is 3. The first-order chi connectivity index (χ1) is 14.4. The molecule has 0 bridgehead atoms. The molecule has 3 heterocycles. The molecule has 0 unspecified atom stereocenters. The van der Waals surface area contributed by atoms with Gasteiger partial charge in [0, 0.05) is 18.8 Å². The Morgan fingerprint density at radius 3 is 2.63 bits per heavy atom. The number of imide groups is 1. The van der Waals surface area contributed by atoms with Crippen molar-refractivity contribution in [2.24, 2.45) is 0 Å². The van der Waals surface area contributed by atoms with Crippen LogP contribution in [0.4, 0.5) is 0 Å². The number of hydrogen-bond acceptors (Lipinski definition) is 6. The Morgan fingerprint density at radius 1 is 1.10 bits per heavy atom. The third kappa shape index (κ3) is 3.28. The first-order valence-corrected chi connectivity index (χ1v) is 9.16. The summed E-state index contributed by atoms with van der Waals surface area (Å²) >= 11 is 0. The minimum absolute atomic E-state index is 0.0921. The lowest BCUT2D eigenvalue weighted by atomic mass is 10.1. The molecule has 0 atom stereocenters. The second-order valence-corrected chi connectivity index (χ2v) is 6.87. The quantitative estimate of drug-likeness (QED) is 0.368. The Kier molecular flexibility index (Phi) is 4.75. The van der Waals surface area contributed by atoms with Gasteiger partial charge in [-0.15, -0.1) is 6.58 Å². The average molecular weight is 403 g/mol. The number of rotatable bonds is 5. The van der Waals surface area contributed by atoms with Crippen LogP contribution in [0.3, 0.4) is 0 Å². The summed E-state index contributed by atoms with van der Waals surface area (Å²) in [6.45, 7) is 5.29. The maximum Gasteiger partial charge on any atom is 0.338 e. The van der Waals surface area contributed by atoms with E-state index in [1.807, 2.05) is 13.0 Å². The number of amides is 2. The topological polar surface area (TPSA) is 98.1 Å². The molecule has 0 saturated carbocycles. The highest BCUT2D eigenvalue weighted by molar-refractivity contribution is 6.22. The highest BCUT2D eigenvalue weighted by Gasteiger charge is 2.35. The molecule has 3 aromatic rings. The minimum Gasteiger partial charge on any atom is -0.456 e. The molecule has 0 radical (unpaired) electrons. The van der Waals surface area contributed by atoms with Crippen LogP contribution in [0.25, 0.3) is 5.65 Å². The largest absolute Gasteiger partial charge is 0.456 e. The molecule has 0 saturated heterocycles. The summed E-state index contributed by atoms with van der Waals surface area (Å²) in [5.41, 5.74) is 1.90. The van der Waals surface area contributed by atoms with E-state index in [-0.39, 0.29) is 35.4 Å². The molecular formula is C22H17N3O5. The first kappa shape index (κ1) is 19.3. The Morgan fingerprint density at radius 2 is 1.87 bits per heavy atom. The standard InChI is InChI=1S/C22H17N3O5/c1-3-8-24-20(27)16-6-5-14(9-17(16)21(24)28)22(29)30-12-15-10-19(26)25-11-13(2)4-7-18(25)23-15/h3-7,9-11H,1,8,12H2,2H3. The van der Waals surface area contributed by atoms with Crippen molar-refractivity contribution in [1.29, 1.82) is 0 Å². The van der Waals surface area contributed by atoms with Crippen LogP contribution in [0.5, 0.6) is 0 Å². The van der Waals surface area contributed by atoms with Gasteiger partial charge >= 0.3 is 5.97 Å². The fourth-order valence-electron chi connectivity index (χ4n) is 3.27. The predicted molar refractivity (Wildman–Crippen MR) is 107 cm³/mol. The molecule has 4 rings (SSSR count). The minimum atomic E-state index is -0.689. The second kappa shape index (κ2) is 7.40. The number of ether oxygens (including phenoxy) is 1. The van der Waals surface area contributed by atoms with Crippen molar-refractivity contribution in [1.82, 2.24) is 14.3 Å². The van der Waals surface area contributed by atoms with Crippen LogP contribution >= 0.6 is 0 Å². The van der Waals surface area contributed by atoms with Gasteiger partial charge in [0.2, 0.25) is 0 Å². The van der Waals surface area contributed by atoms with E-state index in [2.05, 4.69) is 11.6 Å². The van der Waals surface area contributed by atoms with Crippen molar-refractivity contribution in [2.75, 3.05) is 6.54 Å². The zero-order valence-corrected chi connectivity index (χ0v) is 16.1. The number of benzene rings is 1. The van der Waals surface area contributed by atoms with Crippen molar-refractivity contribution in [2.45, 2.75) is 13.5 Å². The van der Waals surface area contributed by atoms with E-state index >= 15 is 0 Å². The summed E-state index contributed by atoms with van der Waals surface area (Å²) in [6.07, 6.45) is 3.14. The summed E-state index contributed by atoms with van der Waals surface area (Å²) in [5, 5.41) is 0. The highest BCUT2D eigenvalue weighted by Crippen LogP contribution is 2.24. The van der Waals surface area contributed by atoms with Crippen molar-refractivity contribution >= 4 is 23.4 Å². The highest BCUT2D eigenvalue weighted by atomic mass is 16.5. The first-order valence-electron chi connectivity index (χ1n) is 9.16. The lowest BCUT2D eigenvalue weighted by molar-refractivity contribution is 0.0467. The predicted octanol–water partition coefficient (Wildman–Crippen LogP) is 2.14. The monoisotopic (exact) mass is 403 g/mol. The fourth-order valence-corrected chi connectivity index (χ4v) is 3.27. The van der Waals surface area contributed by atoms with Crippen molar-refractivity contribution in [3.63, 3.8) is 0 Å². The Balaban J connectivity index is 1.53. The van der Waals surface area contributed by atoms with Gasteiger partial charge in [-0.05, 0) is 36.8 Å². The van der Waals surface area contributed by atoms with Crippen LogP contribution in [0, 0.1) is 6.92 Å². The molecule has 0 N–H and O–H groups in total. The molecule has 1 aliphatic heterocycles. The molecule has 1 aromatic carbocycles. The number of carbonyl (C=O) groups is 3. The van der Waals surface area contributed by atoms with Crippen LogP contribution in [-0.2, 0) is 11.3 Å². The Hall–Kier alpha value is -4.07. The van der Waals surface area contributed by atoms with Gasteiger partial charge < -0.3 is 4.74 Å². The third-order valence-corrected chi connectivity index (χ3v) is 4.73. The van der Waals surface area contributed by atoms with Gasteiger partial charge in [0.05, 0.1) is 22.4 Å². The van der Waals surface area contributed by atoms with E-state index in [1.165, 1.54) is 34.7 Å². The number of hydrogen-bond donors (Lipinski definition) is 0. The van der Waals surface area contributed by atoms with Crippen molar-refractivity contribution < 1.29 is 19.1 Å². The SMILES string of the molecule is C=CCN1C(=O)c2ccc(C(=O)OCc3cc(=O)n4cc(C)ccc4n3)cc2C1=O. The van der Waals surface area contributed by atoms with Gasteiger partial charge in [-0.25, -0.2) is 9.78 Å². The average Bonchev–Trinajstić information content (AvgIpc) is 2.97. The number of aryl methyl sites for hydroxylation is 1. The maximum atomic E-state index is 12.4. The van der Waals surface area contributed by atoms with Crippen LogP contribution in [0.15, 0.2) is 60.0 Å². The van der Waals surface area contributed by atoms with Gasteiger partial charge in [0.1, 0.15) is 12.3 Å². The molecule has 0 aliphatic carbocycles. The van der Waals surface area contributed by atoms with Crippen LogP contribution < -0.4 is 5.56 Å². The van der Waals surface area contributed by atoms with Gasteiger partial charge in [-0.3, -0.25) is 23.7 Å². The summed E-state index contributed by atoms with van der Waals surface area (Å²) in [5.74, 6) is -1.60. The Bertz CT molecular complexity index is 1290. The van der Waals surface area contributed by atoms with Gasteiger partial charge in [-0.1, -0.05) is 12.1 Å². The van der Waals surface area contributed by atoms with E-state index in [9.17, 15) is 19.2 Å². The van der Waals surface area contributed by atoms with Crippen molar-refractivity contribution in [3.8, 4) is 0 Å². The smallest absolute Gasteiger partial charge is 0.338 e. The number of nitrogens with zero attached hydrogens (tertiary/aromatic N) is 3. The third-order valence-electron chi connectivity index (χ3n) is 4.73. The summed E-state index contributed by atoms with van der Waals surface area (Å²) in [7, 11) is 0. The summed E-state index contributed by atoms with van der Waals surface area (Å²) in [4.78, 5) is 54.7. The van der Waals surface area contributed by atoms with Crippen LogP contribution in [-0.4, -0.2) is 38.6 Å². The molecule has 30 heavy (non-hydrogen) atoms. The summed E-state index contributed by atoms with van der Waals surface area (Å²) in [6, 6.07) is 9.04. The Labute approximate surface area is 171 Å². The molecule has 2 aromatic heterocycles.